The van der Waals surface area contributed by atoms with Crippen LogP contribution in [-0.2, 0) is 0 Å². The molecule has 0 spiro atoms. The minimum Gasteiger partial charge on any atom is -0.492 e. The van der Waals surface area contributed by atoms with Gasteiger partial charge in [-0.1, -0.05) is 0 Å². The minimum atomic E-state index is 0.623. The van der Waals surface area contributed by atoms with Crippen LogP contribution in [0.15, 0.2) is 35.6 Å². The van der Waals surface area contributed by atoms with Crippen LogP contribution < -0.4 is 4.74 Å². The van der Waals surface area contributed by atoms with E-state index in [1.807, 2.05) is 13.0 Å². The van der Waals surface area contributed by atoms with Crippen LogP contribution in [0, 0.1) is 0 Å². The normalized spacial score (nSPS) is 10.1. The van der Waals surface area contributed by atoms with Crippen LogP contribution in [0.5, 0.6) is 5.75 Å². The molecule has 2 aromatic rings. The number of halogens is 1. The molecule has 0 amide bonds. The van der Waals surface area contributed by atoms with Crippen molar-refractivity contribution in [3.8, 4) is 16.9 Å². The van der Waals surface area contributed by atoms with E-state index in [9.17, 15) is 0 Å². The predicted molar refractivity (Wildman–Crippen MR) is 64.1 cm³/mol. The average Bonchev–Trinajstić information content (AvgIpc) is 2.30. The second kappa shape index (κ2) is 5.03. The fourth-order valence-electron chi connectivity index (χ4n) is 1.32. The maximum Gasteiger partial charge on any atom is 0.138 e. The highest BCUT2D eigenvalue weighted by Crippen LogP contribution is 2.26. The Morgan fingerprint density at radius 3 is 2.88 bits per heavy atom. The van der Waals surface area contributed by atoms with Gasteiger partial charge in [-0.2, -0.15) is 0 Å². The molecular formula is C11H10BrN3O. The number of pyridine rings is 1. The second-order valence-corrected chi connectivity index (χ2v) is 3.82. The van der Waals surface area contributed by atoms with Crippen LogP contribution in [0.1, 0.15) is 6.92 Å². The molecule has 82 valence electrons. The Bertz CT molecular complexity index is 490. The highest BCUT2D eigenvalue weighted by Gasteiger charge is 2.05. The van der Waals surface area contributed by atoms with E-state index in [-0.39, 0.29) is 0 Å². The zero-order chi connectivity index (χ0) is 11.4. The first-order valence-electron chi connectivity index (χ1n) is 4.85. The third-order valence-corrected chi connectivity index (χ3v) is 2.63. The molecule has 4 nitrogen and oxygen atoms in total. The third-order valence-electron chi connectivity index (χ3n) is 2.00. The smallest absolute Gasteiger partial charge is 0.138 e. The molecule has 0 N–H and O–H groups in total. The van der Waals surface area contributed by atoms with Crippen molar-refractivity contribution in [2.45, 2.75) is 6.92 Å². The number of aromatic nitrogens is 3. The van der Waals surface area contributed by atoms with Crippen molar-refractivity contribution in [1.29, 1.82) is 0 Å². The molecule has 0 saturated heterocycles. The van der Waals surface area contributed by atoms with Crippen LogP contribution in [-0.4, -0.2) is 21.6 Å². The van der Waals surface area contributed by atoms with Crippen molar-refractivity contribution < 1.29 is 4.74 Å². The molecule has 2 heterocycles. The Morgan fingerprint density at radius 1 is 1.25 bits per heavy atom. The first kappa shape index (κ1) is 11.0. The Morgan fingerprint density at radius 2 is 2.12 bits per heavy atom. The SMILES string of the molecule is CCOc1cncc(-c2cncnc2Br)c1. The van der Waals surface area contributed by atoms with E-state index in [1.54, 1.807) is 18.6 Å². The number of ether oxygens (including phenoxy) is 1. The van der Waals surface area contributed by atoms with Gasteiger partial charge in [-0.05, 0) is 28.9 Å². The molecule has 0 aliphatic carbocycles. The average molecular weight is 280 g/mol. The van der Waals surface area contributed by atoms with Gasteiger partial charge in [-0.25, -0.2) is 9.97 Å². The molecule has 0 atom stereocenters. The van der Waals surface area contributed by atoms with Gasteiger partial charge in [-0.3, -0.25) is 4.98 Å². The molecule has 0 aliphatic rings. The van der Waals surface area contributed by atoms with E-state index >= 15 is 0 Å². The van der Waals surface area contributed by atoms with E-state index in [0.29, 0.717) is 6.61 Å². The highest BCUT2D eigenvalue weighted by atomic mass is 79.9. The summed E-state index contributed by atoms with van der Waals surface area (Å²) in [5, 5.41) is 0. The predicted octanol–water partition coefficient (Wildman–Crippen LogP) is 2.70. The first-order valence-corrected chi connectivity index (χ1v) is 5.64. The van der Waals surface area contributed by atoms with E-state index in [1.165, 1.54) is 6.33 Å². The molecule has 2 aromatic heterocycles. The molecule has 0 aliphatic heterocycles. The van der Waals surface area contributed by atoms with Crippen molar-refractivity contribution in [1.82, 2.24) is 15.0 Å². The van der Waals surface area contributed by atoms with E-state index in [0.717, 1.165) is 21.5 Å². The summed E-state index contributed by atoms with van der Waals surface area (Å²) in [6.07, 6.45) is 6.67. The van der Waals surface area contributed by atoms with Gasteiger partial charge in [-0.15, -0.1) is 0 Å². The quantitative estimate of drug-likeness (QED) is 0.811. The summed E-state index contributed by atoms with van der Waals surface area (Å²) in [4.78, 5) is 12.2. The lowest BCUT2D eigenvalue weighted by atomic mass is 10.1. The van der Waals surface area contributed by atoms with Crippen molar-refractivity contribution in [3.63, 3.8) is 0 Å². The lowest BCUT2D eigenvalue weighted by Crippen LogP contribution is -1.93. The molecule has 0 bridgehead atoms. The molecule has 0 radical (unpaired) electrons. The van der Waals surface area contributed by atoms with E-state index in [4.69, 9.17) is 4.74 Å². The minimum absolute atomic E-state index is 0.623. The number of nitrogens with zero attached hydrogens (tertiary/aromatic N) is 3. The van der Waals surface area contributed by atoms with Crippen LogP contribution in [0.4, 0.5) is 0 Å². The maximum atomic E-state index is 5.39. The number of hydrogen-bond donors (Lipinski definition) is 0. The fourth-order valence-corrected chi connectivity index (χ4v) is 1.74. The van der Waals surface area contributed by atoms with Crippen molar-refractivity contribution in [3.05, 3.63) is 35.6 Å². The van der Waals surface area contributed by atoms with Gasteiger partial charge in [0, 0.05) is 23.5 Å². The topological polar surface area (TPSA) is 47.9 Å². The van der Waals surface area contributed by atoms with Crippen molar-refractivity contribution in [2.24, 2.45) is 0 Å². The summed E-state index contributed by atoms with van der Waals surface area (Å²) in [5.74, 6) is 0.746. The molecule has 0 fully saturated rings. The molecule has 2 rings (SSSR count). The first-order chi connectivity index (χ1) is 7.81. The number of rotatable bonds is 3. The Hall–Kier alpha value is -1.49. The van der Waals surface area contributed by atoms with Crippen molar-refractivity contribution in [2.75, 3.05) is 6.61 Å². The van der Waals surface area contributed by atoms with Gasteiger partial charge in [0.25, 0.3) is 0 Å². The summed E-state index contributed by atoms with van der Waals surface area (Å²) >= 11 is 3.38. The van der Waals surface area contributed by atoms with Gasteiger partial charge in [0.2, 0.25) is 0 Å². The standard InChI is InChI=1S/C11H10BrN3O/c1-2-16-9-3-8(4-13-5-9)10-6-14-7-15-11(10)12/h3-7H,2H2,1H3. The van der Waals surface area contributed by atoms with Crippen LogP contribution in [0.3, 0.4) is 0 Å². The molecule has 5 heteroatoms. The summed E-state index contributed by atoms with van der Waals surface area (Å²) in [5.41, 5.74) is 1.83. The molecule has 0 aromatic carbocycles. The van der Waals surface area contributed by atoms with Gasteiger partial charge >= 0.3 is 0 Å². The van der Waals surface area contributed by atoms with Crippen molar-refractivity contribution >= 4 is 15.9 Å². The second-order valence-electron chi connectivity index (χ2n) is 3.07. The van der Waals surface area contributed by atoms with E-state index in [2.05, 4.69) is 30.9 Å². The van der Waals surface area contributed by atoms with Gasteiger partial charge in [0.15, 0.2) is 0 Å². The van der Waals surface area contributed by atoms with Gasteiger partial charge in [0.05, 0.1) is 12.8 Å². The molecule has 0 saturated carbocycles. The van der Waals surface area contributed by atoms with Gasteiger partial charge in [0.1, 0.15) is 16.7 Å². The zero-order valence-electron chi connectivity index (χ0n) is 8.72. The maximum absolute atomic E-state index is 5.39. The molecule has 16 heavy (non-hydrogen) atoms. The monoisotopic (exact) mass is 279 g/mol. The summed E-state index contributed by atoms with van der Waals surface area (Å²) in [6.45, 7) is 2.56. The Labute approximate surface area is 102 Å². The van der Waals surface area contributed by atoms with Crippen LogP contribution in [0.2, 0.25) is 0 Å². The largest absolute Gasteiger partial charge is 0.492 e. The lowest BCUT2D eigenvalue weighted by Gasteiger charge is -2.05. The summed E-state index contributed by atoms with van der Waals surface area (Å²) in [7, 11) is 0. The third kappa shape index (κ3) is 2.36. The van der Waals surface area contributed by atoms with Gasteiger partial charge < -0.3 is 4.74 Å². The zero-order valence-corrected chi connectivity index (χ0v) is 10.3. The van der Waals surface area contributed by atoms with Crippen LogP contribution >= 0.6 is 15.9 Å². The molecular weight excluding hydrogens is 270 g/mol. The Balaban J connectivity index is 2.40. The lowest BCUT2D eigenvalue weighted by molar-refractivity contribution is 0.339. The fraction of sp³-hybridized carbons (Fsp3) is 0.182. The summed E-state index contributed by atoms with van der Waals surface area (Å²) in [6, 6.07) is 1.92. The van der Waals surface area contributed by atoms with Crippen LogP contribution in [0.25, 0.3) is 11.1 Å². The summed E-state index contributed by atoms with van der Waals surface area (Å²) < 4.78 is 6.14. The molecule has 0 unspecified atom stereocenters. The van der Waals surface area contributed by atoms with E-state index < -0.39 is 0 Å². The number of hydrogen-bond acceptors (Lipinski definition) is 4. The Kier molecular flexibility index (Phi) is 3.46. The highest BCUT2D eigenvalue weighted by molar-refractivity contribution is 9.10.